The number of aliphatic imine (C=N–C) groups is 1. The Labute approximate surface area is 132 Å². The first-order valence-corrected chi connectivity index (χ1v) is 8.19. The van der Waals surface area contributed by atoms with Gasteiger partial charge in [0.1, 0.15) is 0 Å². The van der Waals surface area contributed by atoms with Gasteiger partial charge in [-0.3, -0.25) is 4.98 Å². The lowest BCUT2D eigenvalue weighted by atomic mass is 9.99. The van der Waals surface area contributed by atoms with Crippen molar-refractivity contribution >= 4 is 15.9 Å². The number of hydrogen-bond donors (Lipinski definition) is 2. The van der Waals surface area contributed by atoms with E-state index in [1.54, 1.807) is 24.3 Å². The molecule has 118 valence electrons. The first-order chi connectivity index (χ1) is 11.0. The molecule has 3 N–H and O–H groups in total. The molecule has 0 atom stereocenters. The largest absolute Gasteiger partial charge is 0.390 e. The highest BCUT2D eigenvalue weighted by atomic mass is 32.2. The maximum atomic E-state index is 11.9. The highest BCUT2D eigenvalue weighted by Gasteiger charge is 2.23. The molecule has 0 saturated heterocycles. The molecule has 0 saturated carbocycles. The van der Waals surface area contributed by atoms with Crippen LogP contribution in [0.1, 0.15) is 11.3 Å². The van der Waals surface area contributed by atoms with E-state index in [1.807, 2.05) is 0 Å². The predicted molar refractivity (Wildman–Crippen MR) is 83.2 cm³/mol. The highest BCUT2D eigenvalue weighted by Crippen LogP contribution is 2.30. The van der Waals surface area contributed by atoms with Gasteiger partial charge in [-0.2, -0.15) is 5.11 Å². The van der Waals surface area contributed by atoms with Gasteiger partial charge in [-0.05, 0) is 29.3 Å². The van der Waals surface area contributed by atoms with Gasteiger partial charge < -0.3 is 5.11 Å². The van der Waals surface area contributed by atoms with Crippen LogP contribution in [0.5, 0.6) is 0 Å². The molecule has 9 heteroatoms. The van der Waals surface area contributed by atoms with Crippen LogP contribution in [0, 0.1) is 0 Å². The Hall–Kier alpha value is -2.49. The molecule has 0 bridgehead atoms. The van der Waals surface area contributed by atoms with E-state index in [-0.39, 0.29) is 24.0 Å². The van der Waals surface area contributed by atoms with Crippen LogP contribution in [-0.2, 0) is 16.6 Å². The first-order valence-electron chi connectivity index (χ1n) is 6.65. The molecule has 0 radical (unpaired) electrons. The molecule has 1 aliphatic heterocycles. The van der Waals surface area contributed by atoms with E-state index in [4.69, 9.17) is 5.14 Å². The molecule has 2 aromatic rings. The van der Waals surface area contributed by atoms with Crippen LogP contribution in [-0.4, -0.2) is 31.0 Å². The lowest BCUT2D eigenvalue weighted by molar-refractivity contribution is 0.277. The fourth-order valence-corrected chi connectivity index (χ4v) is 3.08. The number of aliphatic hydroxyl groups is 1. The van der Waals surface area contributed by atoms with Gasteiger partial charge in [0.15, 0.2) is 12.5 Å². The van der Waals surface area contributed by atoms with E-state index in [0.717, 1.165) is 0 Å². The standard InChI is InChI=1S/C14H13N5O3S/c15-23(21,22)12-3-1-2-11(13(12)14-17-8-18-19-14)9-4-5-16-10(6-9)7-20/h1-6,20H,7-8H2,(H2,15,21,22). The zero-order valence-corrected chi connectivity index (χ0v) is 12.7. The van der Waals surface area contributed by atoms with Crippen LogP contribution in [0.15, 0.2) is 56.6 Å². The number of nitrogens with two attached hydrogens (primary N) is 1. The van der Waals surface area contributed by atoms with Crippen LogP contribution >= 0.6 is 0 Å². The van der Waals surface area contributed by atoms with E-state index in [2.05, 4.69) is 20.2 Å². The number of primary sulfonamides is 1. The molecule has 0 aliphatic carbocycles. The topological polar surface area (TPSA) is 130 Å². The summed E-state index contributed by atoms with van der Waals surface area (Å²) in [5, 5.41) is 22.2. The summed E-state index contributed by atoms with van der Waals surface area (Å²) in [6.07, 6.45) is 1.53. The summed E-state index contributed by atoms with van der Waals surface area (Å²) < 4.78 is 23.8. The third-order valence-corrected chi connectivity index (χ3v) is 4.25. The second-order valence-electron chi connectivity index (χ2n) is 4.78. The Balaban J connectivity index is 2.30. The fourth-order valence-electron chi connectivity index (χ4n) is 2.33. The van der Waals surface area contributed by atoms with Crippen LogP contribution in [0.25, 0.3) is 11.1 Å². The summed E-state index contributed by atoms with van der Waals surface area (Å²) in [5.41, 5.74) is 2.01. The van der Waals surface area contributed by atoms with Gasteiger partial charge in [0.25, 0.3) is 0 Å². The number of aliphatic hydroxyl groups excluding tert-OH is 1. The summed E-state index contributed by atoms with van der Waals surface area (Å²) in [5.74, 6) is 0.215. The molecule has 1 aromatic heterocycles. The Morgan fingerprint density at radius 2 is 2.09 bits per heavy atom. The van der Waals surface area contributed by atoms with Crippen LogP contribution in [0.4, 0.5) is 0 Å². The number of amidine groups is 1. The molecule has 2 heterocycles. The smallest absolute Gasteiger partial charge is 0.238 e. The molecule has 0 amide bonds. The third kappa shape index (κ3) is 3.02. The number of aromatic nitrogens is 1. The van der Waals surface area contributed by atoms with Gasteiger partial charge in [0.2, 0.25) is 10.0 Å². The quantitative estimate of drug-likeness (QED) is 0.867. The van der Waals surface area contributed by atoms with E-state index < -0.39 is 10.0 Å². The summed E-state index contributed by atoms with van der Waals surface area (Å²) in [4.78, 5) is 8.05. The van der Waals surface area contributed by atoms with Crippen LogP contribution in [0.2, 0.25) is 0 Å². The van der Waals surface area contributed by atoms with E-state index >= 15 is 0 Å². The van der Waals surface area contributed by atoms with E-state index in [0.29, 0.717) is 22.4 Å². The molecule has 1 aliphatic rings. The van der Waals surface area contributed by atoms with Gasteiger partial charge >= 0.3 is 0 Å². The predicted octanol–water partition coefficient (Wildman–Crippen LogP) is 1.06. The Bertz CT molecular complexity index is 922. The molecular weight excluding hydrogens is 318 g/mol. The summed E-state index contributed by atoms with van der Waals surface area (Å²) in [6.45, 7) is -0.0787. The third-order valence-electron chi connectivity index (χ3n) is 3.30. The number of nitrogens with zero attached hydrogens (tertiary/aromatic N) is 4. The lowest BCUT2D eigenvalue weighted by Gasteiger charge is -2.12. The van der Waals surface area contributed by atoms with E-state index in [1.165, 1.54) is 12.3 Å². The second-order valence-corrected chi connectivity index (χ2v) is 6.31. The monoisotopic (exact) mass is 331 g/mol. The van der Waals surface area contributed by atoms with Crippen molar-refractivity contribution in [1.82, 2.24) is 4.98 Å². The van der Waals surface area contributed by atoms with Gasteiger partial charge in [-0.1, -0.05) is 12.1 Å². The fraction of sp³-hybridized carbons (Fsp3) is 0.143. The normalized spacial score (nSPS) is 14.1. The number of benzene rings is 1. The number of rotatable bonds is 4. The highest BCUT2D eigenvalue weighted by molar-refractivity contribution is 7.89. The second kappa shape index (κ2) is 5.95. The van der Waals surface area contributed by atoms with Crippen molar-refractivity contribution in [2.24, 2.45) is 20.4 Å². The SMILES string of the molecule is NS(=O)(=O)c1cccc(-c2ccnc(CO)c2)c1C1=NCN=N1. The van der Waals surface area contributed by atoms with Crippen LogP contribution in [0.3, 0.4) is 0 Å². The summed E-state index contributed by atoms with van der Waals surface area (Å²) in [7, 11) is -3.96. The van der Waals surface area contributed by atoms with E-state index in [9.17, 15) is 13.5 Å². The van der Waals surface area contributed by atoms with Crippen molar-refractivity contribution < 1.29 is 13.5 Å². The molecule has 0 fully saturated rings. The molecule has 23 heavy (non-hydrogen) atoms. The first kappa shape index (κ1) is 15.4. The molecule has 1 aromatic carbocycles. The number of sulfonamides is 1. The summed E-state index contributed by atoms with van der Waals surface area (Å²) >= 11 is 0. The minimum Gasteiger partial charge on any atom is -0.390 e. The molecule has 0 spiro atoms. The van der Waals surface area contributed by atoms with Gasteiger partial charge in [-0.15, -0.1) is 5.11 Å². The molecule has 8 nitrogen and oxygen atoms in total. The minimum absolute atomic E-state index is 0.0723. The van der Waals surface area contributed by atoms with Crippen molar-refractivity contribution in [3.05, 3.63) is 47.8 Å². The van der Waals surface area contributed by atoms with Crippen LogP contribution < -0.4 is 5.14 Å². The molecular formula is C14H13N5O3S. The average Bonchev–Trinajstić information content (AvgIpc) is 3.07. The maximum Gasteiger partial charge on any atom is 0.238 e. The average molecular weight is 331 g/mol. The Morgan fingerprint density at radius 1 is 1.26 bits per heavy atom. The van der Waals surface area contributed by atoms with Gasteiger partial charge in [0, 0.05) is 11.8 Å². The zero-order chi connectivity index (χ0) is 16.4. The van der Waals surface area contributed by atoms with Crippen molar-refractivity contribution in [3.63, 3.8) is 0 Å². The molecule has 3 rings (SSSR count). The molecule has 0 unspecified atom stereocenters. The van der Waals surface area contributed by atoms with Crippen molar-refractivity contribution in [2.45, 2.75) is 11.5 Å². The zero-order valence-electron chi connectivity index (χ0n) is 11.9. The lowest BCUT2D eigenvalue weighted by Crippen LogP contribution is -2.17. The van der Waals surface area contributed by atoms with Gasteiger partial charge in [0.05, 0.1) is 17.2 Å². The minimum atomic E-state index is -3.96. The number of azo groups is 1. The Kier molecular flexibility index (Phi) is 3.99. The van der Waals surface area contributed by atoms with Crippen molar-refractivity contribution in [3.8, 4) is 11.1 Å². The summed E-state index contributed by atoms with van der Waals surface area (Å²) in [6, 6.07) is 8.09. The Morgan fingerprint density at radius 3 is 2.74 bits per heavy atom. The number of hydrogen-bond acceptors (Lipinski definition) is 7. The van der Waals surface area contributed by atoms with Crippen molar-refractivity contribution in [2.75, 3.05) is 6.67 Å². The number of pyridine rings is 1. The van der Waals surface area contributed by atoms with Gasteiger partial charge in [-0.25, -0.2) is 18.5 Å². The maximum absolute atomic E-state index is 11.9. The van der Waals surface area contributed by atoms with Crippen molar-refractivity contribution in [1.29, 1.82) is 0 Å².